The van der Waals surface area contributed by atoms with Crippen LogP contribution in [0.5, 0.6) is 11.5 Å². The molecule has 0 aromatic heterocycles. The molecule has 0 aliphatic rings. The van der Waals surface area contributed by atoms with E-state index in [9.17, 15) is 4.79 Å². The highest BCUT2D eigenvalue weighted by molar-refractivity contribution is 6.07. The van der Waals surface area contributed by atoms with Crippen molar-refractivity contribution in [3.63, 3.8) is 0 Å². The van der Waals surface area contributed by atoms with E-state index in [2.05, 4.69) is 19.2 Å². The Morgan fingerprint density at radius 1 is 0.964 bits per heavy atom. The van der Waals surface area contributed by atoms with Gasteiger partial charge in [0.15, 0.2) is 5.78 Å². The van der Waals surface area contributed by atoms with Gasteiger partial charge in [0.2, 0.25) is 0 Å². The molecule has 28 heavy (non-hydrogen) atoms. The van der Waals surface area contributed by atoms with E-state index >= 15 is 0 Å². The van der Waals surface area contributed by atoms with Crippen LogP contribution in [0.25, 0.3) is 6.08 Å². The smallest absolute Gasteiger partial charge is 0.185 e. The third kappa shape index (κ3) is 6.76. The Hall–Kier alpha value is -2.75. The van der Waals surface area contributed by atoms with Gasteiger partial charge in [-0.05, 0) is 61.4 Å². The second-order valence-electron chi connectivity index (χ2n) is 6.63. The van der Waals surface area contributed by atoms with E-state index in [4.69, 9.17) is 9.47 Å². The molecule has 2 rings (SSSR count). The molecular formula is C24H31NO3. The molecule has 0 heterocycles. The summed E-state index contributed by atoms with van der Waals surface area (Å²) in [5.74, 6) is 1.51. The number of ether oxygens (including phenoxy) is 2. The van der Waals surface area contributed by atoms with E-state index in [1.165, 1.54) is 0 Å². The number of allylic oxidation sites excluding steroid dienone is 1. The largest absolute Gasteiger partial charge is 0.493 e. The van der Waals surface area contributed by atoms with Crippen LogP contribution in [0.4, 0.5) is 5.69 Å². The first-order chi connectivity index (χ1) is 13.7. The molecule has 2 aromatic carbocycles. The average molecular weight is 382 g/mol. The zero-order valence-electron chi connectivity index (χ0n) is 17.2. The van der Waals surface area contributed by atoms with Crippen LogP contribution in [0.1, 0.15) is 55.5 Å². The SMILES string of the molecule is CCCCOc1ccc(C=CC(=O)c2ccc(NC)cc2)c(OCCCC)c1. The predicted molar refractivity (Wildman–Crippen MR) is 117 cm³/mol. The summed E-state index contributed by atoms with van der Waals surface area (Å²) in [5.41, 5.74) is 2.51. The molecule has 0 aliphatic carbocycles. The normalized spacial score (nSPS) is 10.8. The maximum absolute atomic E-state index is 12.5. The van der Waals surface area contributed by atoms with Crippen LogP contribution >= 0.6 is 0 Å². The summed E-state index contributed by atoms with van der Waals surface area (Å²) in [6.45, 7) is 5.61. The minimum Gasteiger partial charge on any atom is -0.493 e. The van der Waals surface area contributed by atoms with Crippen molar-refractivity contribution in [3.05, 3.63) is 59.7 Å². The number of carbonyl (C=O) groups excluding carboxylic acids is 1. The van der Waals surface area contributed by atoms with Crippen molar-refractivity contribution >= 4 is 17.5 Å². The Bertz CT molecular complexity index is 766. The van der Waals surface area contributed by atoms with Gasteiger partial charge < -0.3 is 14.8 Å². The number of hydrogen-bond acceptors (Lipinski definition) is 4. The van der Waals surface area contributed by atoms with Gasteiger partial charge >= 0.3 is 0 Å². The van der Waals surface area contributed by atoms with Crippen LogP contribution < -0.4 is 14.8 Å². The lowest BCUT2D eigenvalue weighted by Gasteiger charge is -2.12. The molecule has 0 spiro atoms. The Morgan fingerprint density at radius 2 is 1.64 bits per heavy atom. The summed E-state index contributed by atoms with van der Waals surface area (Å²) in [6.07, 6.45) is 7.58. The van der Waals surface area contributed by atoms with Crippen LogP contribution in [-0.2, 0) is 0 Å². The predicted octanol–water partition coefficient (Wildman–Crippen LogP) is 5.98. The summed E-state index contributed by atoms with van der Waals surface area (Å²) < 4.78 is 11.7. The molecular weight excluding hydrogens is 350 g/mol. The van der Waals surface area contributed by atoms with Crippen LogP contribution in [0, 0.1) is 0 Å². The lowest BCUT2D eigenvalue weighted by molar-refractivity contribution is 0.104. The monoisotopic (exact) mass is 381 g/mol. The third-order valence-corrected chi connectivity index (χ3v) is 4.38. The van der Waals surface area contributed by atoms with Crippen molar-refractivity contribution in [1.29, 1.82) is 0 Å². The van der Waals surface area contributed by atoms with E-state index in [0.29, 0.717) is 18.8 Å². The number of hydrogen-bond donors (Lipinski definition) is 1. The van der Waals surface area contributed by atoms with Gasteiger partial charge in [-0.25, -0.2) is 0 Å². The Kier molecular flexibility index (Phi) is 9.13. The lowest BCUT2D eigenvalue weighted by Crippen LogP contribution is -2.01. The van der Waals surface area contributed by atoms with Gasteiger partial charge in [0.05, 0.1) is 13.2 Å². The molecule has 0 saturated heterocycles. The van der Waals surface area contributed by atoms with Crippen molar-refractivity contribution in [2.24, 2.45) is 0 Å². The number of ketones is 1. The van der Waals surface area contributed by atoms with Crippen LogP contribution in [0.3, 0.4) is 0 Å². The number of nitrogens with one attached hydrogen (secondary N) is 1. The minimum atomic E-state index is -0.0366. The van der Waals surface area contributed by atoms with Crippen molar-refractivity contribution in [3.8, 4) is 11.5 Å². The lowest BCUT2D eigenvalue weighted by atomic mass is 10.1. The summed E-state index contributed by atoms with van der Waals surface area (Å²) in [4.78, 5) is 12.5. The second kappa shape index (κ2) is 11.9. The highest BCUT2D eigenvalue weighted by Crippen LogP contribution is 2.27. The van der Waals surface area contributed by atoms with Gasteiger partial charge in [-0.15, -0.1) is 0 Å². The molecule has 0 radical (unpaired) electrons. The molecule has 4 heteroatoms. The minimum absolute atomic E-state index is 0.0366. The van der Waals surface area contributed by atoms with Gasteiger partial charge in [0.1, 0.15) is 11.5 Å². The number of carbonyl (C=O) groups is 1. The first-order valence-corrected chi connectivity index (χ1v) is 10.1. The zero-order chi connectivity index (χ0) is 20.2. The topological polar surface area (TPSA) is 47.6 Å². The maximum atomic E-state index is 12.5. The van der Waals surface area contributed by atoms with E-state index in [1.54, 1.807) is 6.08 Å². The molecule has 0 atom stereocenters. The standard InChI is InChI=1S/C24H31NO3/c1-4-6-16-27-22-14-10-20(24(18-22)28-17-7-5-2)11-15-23(26)19-8-12-21(25-3)13-9-19/h8-15,18,25H,4-7,16-17H2,1-3H3. The fraction of sp³-hybridized carbons (Fsp3) is 0.375. The maximum Gasteiger partial charge on any atom is 0.185 e. The number of unbranched alkanes of at least 4 members (excludes halogenated alkanes) is 2. The molecule has 0 amide bonds. The van der Waals surface area contributed by atoms with Gasteiger partial charge in [-0.2, -0.15) is 0 Å². The van der Waals surface area contributed by atoms with Crippen LogP contribution in [0.2, 0.25) is 0 Å². The number of rotatable bonds is 12. The number of anilines is 1. The molecule has 0 bridgehead atoms. The van der Waals surface area contributed by atoms with Gasteiger partial charge in [0.25, 0.3) is 0 Å². The molecule has 4 nitrogen and oxygen atoms in total. The Morgan fingerprint density at radius 3 is 2.29 bits per heavy atom. The van der Waals surface area contributed by atoms with E-state index < -0.39 is 0 Å². The molecule has 2 aromatic rings. The second-order valence-corrected chi connectivity index (χ2v) is 6.63. The van der Waals surface area contributed by atoms with Crippen LogP contribution in [-0.4, -0.2) is 26.0 Å². The summed E-state index contributed by atoms with van der Waals surface area (Å²) >= 11 is 0. The first-order valence-electron chi connectivity index (χ1n) is 10.1. The highest BCUT2D eigenvalue weighted by Gasteiger charge is 2.07. The molecule has 0 fully saturated rings. The number of benzene rings is 2. The summed E-state index contributed by atoms with van der Waals surface area (Å²) in [7, 11) is 1.85. The summed E-state index contributed by atoms with van der Waals surface area (Å²) in [6, 6.07) is 13.2. The quantitative estimate of drug-likeness (QED) is 0.279. The van der Waals surface area contributed by atoms with Crippen molar-refractivity contribution in [1.82, 2.24) is 0 Å². The van der Waals surface area contributed by atoms with Crippen molar-refractivity contribution in [2.45, 2.75) is 39.5 Å². The molecule has 0 saturated carbocycles. The van der Waals surface area contributed by atoms with Gasteiger partial charge in [-0.1, -0.05) is 26.7 Å². The third-order valence-electron chi connectivity index (χ3n) is 4.38. The fourth-order valence-electron chi connectivity index (χ4n) is 2.59. The Balaban J connectivity index is 2.13. The van der Waals surface area contributed by atoms with Crippen molar-refractivity contribution in [2.75, 3.05) is 25.6 Å². The van der Waals surface area contributed by atoms with Crippen molar-refractivity contribution < 1.29 is 14.3 Å². The molecule has 150 valence electrons. The van der Waals surface area contributed by atoms with Gasteiger partial charge in [-0.3, -0.25) is 4.79 Å². The fourth-order valence-corrected chi connectivity index (χ4v) is 2.59. The zero-order valence-corrected chi connectivity index (χ0v) is 17.2. The highest BCUT2D eigenvalue weighted by atomic mass is 16.5. The first kappa shape index (κ1) is 21.5. The van der Waals surface area contributed by atoms with Crippen LogP contribution in [0.15, 0.2) is 48.5 Å². The average Bonchev–Trinajstić information content (AvgIpc) is 2.73. The van der Waals surface area contributed by atoms with E-state index in [1.807, 2.05) is 55.6 Å². The summed E-state index contributed by atoms with van der Waals surface area (Å²) in [5, 5.41) is 3.05. The Labute approximate surface area is 168 Å². The molecule has 0 unspecified atom stereocenters. The van der Waals surface area contributed by atoms with E-state index in [0.717, 1.165) is 48.4 Å². The van der Waals surface area contributed by atoms with E-state index in [-0.39, 0.29) is 5.78 Å². The molecule has 1 N–H and O–H groups in total. The molecule has 0 aliphatic heterocycles. The van der Waals surface area contributed by atoms with Gasteiger partial charge in [0, 0.05) is 29.9 Å².